The maximum Gasteiger partial charge on any atom is 0.338 e. The van der Waals surface area contributed by atoms with Crippen molar-refractivity contribution >= 4 is 29.8 Å². The van der Waals surface area contributed by atoms with Crippen LogP contribution in [0.3, 0.4) is 0 Å². The predicted octanol–water partition coefficient (Wildman–Crippen LogP) is 5.02. The summed E-state index contributed by atoms with van der Waals surface area (Å²) in [5.74, 6) is -3.92. The molecular formula is C68H118O31. The highest BCUT2D eigenvalue weighted by Crippen LogP contribution is 2.41. The molecule has 0 radical (unpaired) electrons. The van der Waals surface area contributed by atoms with E-state index in [4.69, 9.17) is 123 Å². The first kappa shape index (κ1) is 86.2. The summed E-state index contributed by atoms with van der Waals surface area (Å²) < 4.78 is 165. The summed E-state index contributed by atoms with van der Waals surface area (Å²) in [7, 11) is 11.3. The van der Waals surface area contributed by atoms with Crippen LogP contribution in [0.2, 0.25) is 0 Å². The molecule has 31 nitrogen and oxygen atoms in total. The molecule has 0 aliphatic carbocycles. The molecule has 5 aliphatic heterocycles. The molecule has 5 heterocycles. The topological polar surface area (TPSA) is 325 Å². The molecule has 0 bridgehead atoms. The van der Waals surface area contributed by atoms with Gasteiger partial charge < -0.3 is 123 Å². The van der Waals surface area contributed by atoms with E-state index in [1.165, 1.54) is 77.6 Å². The SMILES string of the molecule is CCCCOC[C@H]1O[C@H](OC)[C@H](OCCCC)[C@@H](OCCCC)[C@@H]1O[C@@H]1O[C@@H](C(=O)OCCCC)[C@@H](O[C@H]2O[C@H](COC(C)=O)[C@@H](O[C@@H]3O[C@H](C(=O)OCCCC)[C@@H](O[C@H]4O[C@H](COC(C)=O)[C@@H](OC)[C@H](OC)[C@H]4OC)[C@H](OC)[C@H]3OC)[C@H](OC(C)=O)[C@H]2OCCCC)[C@H](OC)[C@H]1OC. The highest BCUT2D eigenvalue weighted by atomic mass is 16.8. The van der Waals surface area contributed by atoms with Crippen LogP contribution in [-0.2, 0) is 147 Å². The van der Waals surface area contributed by atoms with Gasteiger partial charge in [0.1, 0.15) is 117 Å². The second-order valence-corrected chi connectivity index (χ2v) is 24.7. The Hall–Kier alpha value is -3.49. The largest absolute Gasteiger partial charge is 0.464 e. The molecular weight excluding hydrogens is 1310 g/mol. The van der Waals surface area contributed by atoms with Crippen LogP contribution in [0, 0.1) is 0 Å². The molecule has 0 N–H and O–H groups in total. The second-order valence-electron chi connectivity index (χ2n) is 24.7. The predicted molar refractivity (Wildman–Crippen MR) is 346 cm³/mol. The number of carbonyl (C=O) groups excluding carboxylic acids is 5. The summed E-state index contributed by atoms with van der Waals surface area (Å²) in [6.07, 6.45) is -23.6. The third-order valence-electron chi connectivity index (χ3n) is 17.6. The number of methoxy groups -OCH3 is 8. The smallest absolute Gasteiger partial charge is 0.338 e. The molecule has 0 aromatic heterocycles. The molecule has 31 heteroatoms. The minimum absolute atomic E-state index is 0.00128. The van der Waals surface area contributed by atoms with Crippen molar-refractivity contribution in [2.24, 2.45) is 0 Å². The van der Waals surface area contributed by atoms with Crippen molar-refractivity contribution in [3.05, 3.63) is 0 Å². The average molecular weight is 1430 g/mol. The summed E-state index contributed by atoms with van der Waals surface area (Å²) in [5.41, 5.74) is 0. The summed E-state index contributed by atoms with van der Waals surface area (Å²) in [5, 5.41) is 0. The van der Waals surface area contributed by atoms with Crippen LogP contribution in [0.4, 0.5) is 0 Å². The lowest BCUT2D eigenvalue weighted by molar-refractivity contribution is -0.395. The number of hydrogen-bond acceptors (Lipinski definition) is 31. The maximum absolute atomic E-state index is 14.9. The van der Waals surface area contributed by atoms with Gasteiger partial charge in [-0.25, -0.2) is 9.59 Å². The Balaban J connectivity index is 1.63. The van der Waals surface area contributed by atoms with E-state index in [0.717, 1.165) is 32.1 Å². The Morgan fingerprint density at radius 1 is 0.283 bits per heavy atom. The molecule has 576 valence electrons. The summed E-state index contributed by atoms with van der Waals surface area (Å²) in [6.45, 7) is 15.9. The van der Waals surface area contributed by atoms with Gasteiger partial charge in [-0.3, -0.25) is 14.4 Å². The Morgan fingerprint density at radius 2 is 0.606 bits per heavy atom. The summed E-state index contributed by atoms with van der Waals surface area (Å²) in [6, 6.07) is 0. The molecule has 5 rings (SSSR count). The van der Waals surface area contributed by atoms with Crippen molar-refractivity contribution in [3.8, 4) is 0 Å². The Kier molecular flexibility index (Phi) is 40.3. The van der Waals surface area contributed by atoms with E-state index in [1.54, 1.807) is 0 Å². The first-order valence-corrected chi connectivity index (χ1v) is 35.2. The van der Waals surface area contributed by atoms with E-state index in [9.17, 15) is 24.0 Å². The van der Waals surface area contributed by atoms with E-state index in [1.807, 2.05) is 20.8 Å². The first-order valence-electron chi connectivity index (χ1n) is 35.2. The molecule has 0 amide bonds. The van der Waals surface area contributed by atoms with Gasteiger partial charge in [-0.05, 0) is 38.5 Å². The van der Waals surface area contributed by atoms with Crippen LogP contribution < -0.4 is 0 Å². The van der Waals surface area contributed by atoms with Gasteiger partial charge in [0.25, 0.3) is 0 Å². The lowest BCUT2D eigenvalue weighted by Crippen LogP contribution is -2.70. The lowest BCUT2D eigenvalue weighted by Gasteiger charge is -2.51. The van der Waals surface area contributed by atoms with Gasteiger partial charge >= 0.3 is 29.8 Å². The number of carbonyl (C=O) groups is 5. The number of unbranched alkanes of at least 4 members (excludes halogenated alkanes) is 6. The third kappa shape index (κ3) is 24.6. The van der Waals surface area contributed by atoms with E-state index >= 15 is 0 Å². The van der Waals surface area contributed by atoms with Crippen LogP contribution in [0.1, 0.15) is 139 Å². The van der Waals surface area contributed by atoms with Gasteiger partial charge in [0.2, 0.25) is 0 Å². The normalized spacial score (nSPS) is 34.9. The lowest BCUT2D eigenvalue weighted by atomic mass is 9.94. The van der Waals surface area contributed by atoms with Crippen molar-refractivity contribution in [2.45, 2.75) is 293 Å². The molecule has 0 saturated carbocycles. The first-order chi connectivity index (χ1) is 47.9. The number of ether oxygens (including phenoxy) is 26. The van der Waals surface area contributed by atoms with Gasteiger partial charge in [0, 0.05) is 104 Å². The number of hydrogen-bond donors (Lipinski definition) is 0. The Labute approximate surface area is 584 Å². The minimum atomic E-state index is -1.71. The van der Waals surface area contributed by atoms with Crippen LogP contribution in [0.5, 0.6) is 0 Å². The van der Waals surface area contributed by atoms with Gasteiger partial charge in [0.15, 0.2) is 49.8 Å². The fraction of sp³-hybridized carbons (Fsp3) is 0.926. The molecule has 0 aromatic carbocycles. The molecule has 0 unspecified atom stereocenters. The summed E-state index contributed by atoms with van der Waals surface area (Å²) >= 11 is 0. The molecule has 99 heavy (non-hydrogen) atoms. The number of rotatable bonds is 46. The zero-order valence-corrected chi connectivity index (χ0v) is 61.4. The van der Waals surface area contributed by atoms with Crippen molar-refractivity contribution < 1.29 is 147 Å². The fourth-order valence-electron chi connectivity index (χ4n) is 12.3. The number of esters is 5. The summed E-state index contributed by atoms with van der Waals surface area (Å²) in [4.78, 5) is 68.4. The van der Waals surface area contributed by atoms with Gasteiger partial charge in [0.05, 0.1) is 19.8 Å². The second kappa shape index (κ2) is 46.4. The highest BCUT2D eigenvalue weighted by Gasteiger charge is 2.62. The highest BCUT2D eigenvalue weighted by molar-refractivity contribution is 5.76. The monoisotopic (exact) mass is 1430 g/mol. The Bertz CT molecular complexity index is 2270. The molecule has 25 atom stereocenters. The van der Waals surface area contributed by atoms with E-state index in [-0.39, 0.29) is 33.0 Å². The van der Waals surface area contributed by atoms with Gasteiger partial charge in [-0.1, -0.05) is 80.1 Å². The zero-order chi connectivity index (χ0) is 72.6. The van der Waals surface area contributed by atoms with Gasteiger partial charge in [-0.15, -0.1) is 0 Å². The van der Waals surface area contributed by atoms with Crippen molar-refractivity contribution in [2.75, 3.05) is 116 Å². The molecule has 5 aliphatic rings. The molecule has 5 fully saturated rings. The zero-order valence-electron chi connectivity index (χ0n) is 61.4. The van der Waals surface area contributed by atoms with Crippen LogP contribution in [-0.4, -0.2) is 300 Å². The van der Waals surface area contributed by atoms with E-state index in [0.29, 0.717) is 64.8 Å². The standard InChI is InChI=1S/C68H118O31/c1-18-24-30-82-36-42-46(51(83-31-25-19-2)60(64(81-17)91-42)84-32-26-20-3)94-66-58(79-15)50(77-13)54(56(98-66)63(73)87-35-29-23-6)97-68-61(85-33-27-21-4)52(90-41(9)71)47(44(93-68)38-89-40(8)70)95-67-59(80-16)49(76-12)53(55(99-67)62(72)86-34-28-22-5)96-65-57(78-14)48(75-11)45(74-10)43(92-65)37-88-39(7)69/h42-61,64-68H,18-38H2,1-17H3/t42-,43-,44-,45-,46-,47-,48+,49+,50+,51+,52+,53+,54+,55+,56-,57-,58-,59-,60-,61-,64+,65-,66-,67-,68-/m1/s1. The quantitative estimate of drug-likeness (QED) is 0.0439. The Morgan fingerprint density at radius 3 is 1.00 bits per heavy atom. The molecule has 0 aromatic rings. The van der Waals surface area contributed by atoms with Crippen LogP contribution in [0.25, 0.3) is 0 Å². The van der Waals surface area contributed by atoms with E-state index < -0.39 is 190 Å². The van der Waals surface area contributed by atoms with Crippen LogP contribution >= 0.6 is 0 Å². The third-order valence-corrected chi connectivity index (χ3v) is 17.6. The van der Waals surface area contributed by atoms with Crippen molar-refractivity contribution in [1.82, 2.24) is 0 Å². The van der Waals surface area contributed by atoms with Crippen molar-refractivity contribution in [3.63, 3.8) is 0 Å². The van der Waals surface area contributed by atoms with E-state index in [2.05, 4.69) is 20.8 Å². The molecule has 0 spiro atoms. The molecule has 5 saturated heterocycles. The maximum atomic E-state index is 14.9. The van der Waals surface area contributed by atoms with Gasteiger partial charge in [-0.2, -0.15) is 0 Å². The van der Waals surface area contributed by atoms with Crippen molar-refractivity contribution in [1.29, 1.82) is 0 Å². The minimum Gasteiger partial charge on any atom is -0.464 e. The average Bonchev–Trinajstić information content (AvgIpc) is 0.766. The van der Waals surface area contributed by atoms with Crippen LogP contribution in [0.15, 0.2) is 0 Å². The fourth-order valence-corrected chi connectivity index (χ4v) is 12.3.